The lowest BCUT2D eigenvalue weighted by atomic mass is 10.1. The quantitative estimate of drug-likeness (QED) is 0.769. The molecule has 0 saturated heterocycles. The van der Waals surface area contributed by atoms with Gasteiger partial charge >= 0.3 is 0 Å². The summed E-state index contributed by atoms with van der Waals surface area (Å²) in [6, 6.07) is 1.72. The van der Waals surface area contributed by atoms with E-state index in [0.29, 0.717) is 6.07 Å². The molecule has 0 spiro atoms. The maximum Gasteiger partial charge on any atom is 0.254 e. The largest absolute Gasteiger partial charge is 0.312 e. The molecule has 0 radical (unpaired) electrons. The fraction of sp³-hybridized carbons (Fsp3) is 0.400. The van der Waals surface area contributed by atoms with Gasteiger partial charge in [0.05, 0.1) is 6.04 Å². The van der Waals surface area contributed by atoms with E-state index in [-0.39, 0.29) is 12.0 Å². The van der Waals surface area contributed by atoms with Crippen molar-refractivity contribution in [3.63, 3.8) is 0 Å². The summed E-state index contributed by atoms with van der Waals surface area (Å²) < 4.78 is 50.1. The molecular weight excluding hydrogens is 210 g/mol. The van der Waals surface area contributed by atoms with Gasteiger partial charge in [0.15, 0.2) is 0 Å². The van der Waals surface area contributed by atoms with E-state index in [2.05, 4.69) is 5.32 Å². The number of hydrogen-bond acceptors (Lipinski definition) is 1. The average Bonchev–Trinajstić information content (AvgIpc) is 2.12. The van der Waals surface area contributed by atoms with Gasteiger partial charge in [0.1, 0.15) is 11.6 Å². The second-order valence-electron chi connectivity index (χ2n) is 3.21. The number of benzene rings is 1. The first-order valence-electron chi connectivity index (χ1n) is 4.43. The number of alkyl halides is 2. The number of nitrogens with one attached hydrogen (secondary N) is 1. The van der Waals surface area contributed by atoms with E-state index < -0.39 is 24.1 Å². The molecule has 5 heteroatoms. The van der Waals surface area contributed by atoms with Gasteiger partial charge in [0.2, 0.25) is 0 Å². The zero-order chi connectivity index (χ0) is 11.4. The highest BCUT2D eigenvalue weighted by Crippen LogP contribution is 2.13. The number of hydrogen-bond donors (Lipinski definition) is 1. The van der Waals surface area contributed by atoms with Crippen molar-refractivity contribution in [1.29, 1.82) is 0 Å². The van der Waals surface area contributed by atoms with Crippen LogP contribution in [0.15, 0.2) is 18.2 Å². The van der Waals surface area contributed by atoms with Gasteiger partial charge in [0, 0.05) is 6.07 Å². The molecule has 0 amide bonds. The Morgan fingerprint density at radius 1 is 1.13 bits per heavy atom. The lowest BCUT2D eigenvalue weighted by Crippen LogP contribution is -2.34. The molecule has 0 aromatic heterocycles. The zero-order valence-corrected chi connectivity index (χ0v) is 8.11. The molecule has 0 fully saturated rings. The summed E-state index contributed by atoms with van der Waals surface area (Å²) in [5.74, 6) is -1.51. The maximum absolute atomic E-state index is 12.7. The molecule has 1 aromatic rings. The average molecular weight is 221 g/mol. The van der Waals surface area contributed by atoms with Crippen molar-refractivity contribution >= 4 is 0 Å². The highest BCUT2D eigenvalue weighted by molar-refractivity contribution is 5.19. The first-order chi connectivity index (χ1) is 7.02. The normalized spacial score (nSPS) is 13.2. The van der Waals surface area contributed by atoms with Crippen molar-refractivity contribution in [3.8, 4) is 0 Å². The maximum atomic E-state index is 12.7. The van der Waals surface area contributed by atoms with Gasteiger partial charge in [-0.2, -0.15) is 0 Å². The Bertz CT molecular complexity index is 307. The fourth-order valence-electron chi connectivity index (χ4n) is 1.30. The number of rotatable bonds is 4. The van der Waals surface area contributed by atoms with Crippen LogP contribution in [-0.2, 0) is 6.42 Å². The SMILES string of the molecule is CNC(Cc1cc(F)cc(F)c1)C(F)F. The first kappa shape index (κ1) is 12.0. The topological polar surface area (TPSA) is 12.0 Å². The lowest BCUT2D eigenvalue weighted by Gasteiger charge is -2.14. The molecule has 0 aliphatic carbocycles. The monoisotopic (exact) mass is 221 g/mol. The van der Waals surface area contributed by atoms with Gasteiger partial charge < -0.3 is 5.32 Å². The van der Waals surface area contributed by atoms with Crippen LogP contribution in [0.3, 0.4) is 0 Å². The second kappa shape index (κ2) is 5.11. The minimum atomic E-state index is -2.57. The minimum absolute atomic E-state index is 0.108. The minimum Gasteiger partial charge on any atom is -0.312 e. The van der Waals surface area contributed by atoms with Crippen molar-refractivity contribution in [1.82, 2.24) is 5.32 Å². The summed E-state index contributed by atoms with van der Waals surface area (Å²) in [6.07, 6.45) is -2.68. The van der Waals surface area contributed by atoms with E-state index >= 15 is 0 Å². The summed E-state index contributed by atoms with van der Waals surface area (Å²) in [6.45, 7) is 0. The molecule has 1 nitrogen and oxygen atoms in total. The van der Waals surface area contributed by atoms with E-state index in [4.69, 9.17) is 0 Å². The Labute approximate surface area is 85.1 Å². The van der Waals surface area contributed by atoms with Crippen LogP contribution in [0.2, 0.25) is 0 Å². The van der Waals surface area contributed by atoms with Gasteiger partial charge in [-0.05, 0) is 31.2 Å². The molecule has 0 bridgehead atoms. The Kier molecular flexibility index (Phi) is 4.08. The van der Waals surface area contributed by atoms with Crippen molar-refractivity contribution in [2.75, 3.05) is 7.05 Å². The third-order valence-electron chi connectivity index (χ3n) is 2.05. The summed E-state index contributed by atoms with van der Waals surface area (Å²) in [7, 11) is 1.38. The molecule has 0 aliphatic rings. The highest BCUT2D eigenvalue weighted by atomic mass is 19.3. The second-order valence-corrected chi connectivity index (χ2v) is 3.21. The van der Waals surface area contributed by atoms with Crippen molar-refractivity contribution in [3.05, 3.63) is 35.4 Å². The standard InChI is InChI=1S/C10H11F4N/c1-15-9(10(13)14)4-6-2-7(11)5-8(12)3-6/h2-3,5,9-10,15H,4H2,1H3. The van der Waals surface area contributed by atoms with Crippen LogP contribution in [0.4, 0.5) is 17.6 Å². The van der Waals surface area contributed by atoms with Crippen molar-refractivity contribution in [2.45, 2.75) is 18.9 Å². The third-order valence-corrected chi connectivity index (χ3v) is 2.05. The van der Waals surface area contributed by atoms with Crippen LogP contribution >= 0.6 is 0 Å². The predicted molar refractivity (Wildman–Crippen MR) is 48.9 cm³/mol. The Morgan fingerprint density at radius 2 is 1.67 bits per heavy atom. The Hall–Kier alpha value is -1.10. The summed E-state index contributed by atoms with van der Waals surface area (Å²) in [4.78, 5) is 0. The molecule has 0 aliphatic heterocycles. The van der Waals surface area contributed by atoms with Gasteiger partial charge in [0.25, 0.3) is 6.43 Å². The Morgan fingerprint density at radius 3 is 2.07 bits per heavy atom. The smallest absolute Gasteiger partial charge is 0.254 e. The summed E-state index contributed by atoms with van der Waals surface area (Å²) in [5.41, 5.74) is 0.215. The van der Waals surface area contributed by atoms with E-state index in [1.807, 2.05) is 0 Å². The van der Waals surface area contributed by atoms with Crippen molar-refractivity contribution in [2.24, 2.45) is 0 Å². The van der Waals surface area contributed by atoms with E-state index in [1.54, 1.807) is 0 Å². The molecular formula is C10H11F4N. The van der Waals surface area contributed by atoms with E-state index in [1.165, 1.54) is 7.05 Å². The molecule has 0 saturated carbocycles. The molecule has 15 heavy (non-hydrogen) atoms. The fourth-order valence-corrected chi connectivity index (χ4v) is 1.30. The molecule has 1 N–H and O–H groups in total. The Balaban J connectivity index is 2.79. The van der Waals surface area contributed by atoms with Crippen molar-refractivity contribution < 1.29 is 17.6 Å². The van der Waals surface area contributed by atoms with Gasteiger partial charge in [-0.1, -0.05) is 0 Å². The molecule has 1 atom stereocenters. The van der Waals surface area contributed by atoms with E-state index in [9.17, 15) is 17.6 Å². The van der Waals surface area contributed by atoms with Gasteiger partial charge in [-0.3, -0.25) is 0 Å². The molecule has 1 unspecified atom stereocenters. The predicted octanol–water partition coefficient (Wildman–Crippen LogP) is 2.36. The highest BCUT2D eigenvalue weighted by Gasteiger charge is 2.18. The molecule has 1 rings (SSSR count). The first-order valence-corrected chi connectivity index (χ1v) is 4.43. The summed E-state index contributed by atoms with van der Waals surface area (Å²) >= 11 is 0. The number of likely N-dealkylation sites (N-methyl/N-ethyl adjacent to an activating group) is 1. The van der Waals surface area contributed by atoms with Gasteiger partial charge in [-0.25, -0.2) is 17.6 Å². The lowest BCUT2D eigenvalue weighted by molar-refractivity contribution is 0.102. The molecule has 0 heterocycles. The molecule has 1 aromatic carbocycles. The van der Waals surface area contributed by atoms with Crippen LogP contribution < -0.4 is 5.32 Å². The zero-order valence-electron chi connectivity index (χ0n) is 8.11. The molecule has 84 valence electrons. The van der Waals surface area contributed by atoms with Crippen LogP contribution in [0.5, 0.6) is 0 Å². The van der Waals surface area contributed by atoms with Crippen LogP contribution in [0, 0.1) is 11.6 Å². The van der Waals surface area contributed by atoms with E-state index in [0.717, 1.165) is 12.1 Å². The number of halogens is 4. The van der Waals surface area contributed by atoms with Crippen LogP contribution in [-0.4, -0.2) is 19.5 Å². The van der Waals surface area contributed by atoms with Gasteiger partial charge in [-0.15, -0.1) is 0 Å². The summed E-state index contributed by atoms with van der Waals surface area (Å²) in [5, 5.41) is 2.39. The van der Waals surface area contributed by atoms with Crippen LogP contribution in [0.25, 0.3) is 0 Å². The van der Waals surface area contributed by atoms with Crippen LogP contribution in [0.1, 0.15) is 5.56 Å². The third kappa shape index (κ3) is 3.51.